The first-order valence-electron chi connectivity index (χ1n) is 8.39. The zero-order chi connectivity index (χ0) is 19.3. The predicted octanol–water partition coefficient (Wildman–Crippen LogP) is 5.11. The smallest absolute Gasteiger partial charge is 0.182 e. The molecule has 0 saturated carbocycles. The number of carbonyl (C=O) groups is 1. The topological polar surface area (TPSA) is 44.7 Å². The zero-order valence-corrected chi connectivity index (χ0v) is 17.0. The molecule has 26 heavy (non-hydrogen) atoms. The largest absolute Gasteiger partial charge is 0.377 e. The molecule has 0 bridgehead atoms. The molecule has 2 rings (SSSR count). The minimum absolute atomic E-state index is 0.0462. The van der Waals surface area contributed by atoms with Crippen molar-refractivity contribution < 1.29 is 9.18 Å². The predicted molar refractivity (Wildman–Crippen MR) is 109 cm³/mol. The summed E-state index contributed by atoms with van der Waals surface area (Å²) in [6, 6.07) is 8.47. The first-order chi connectivity index (χ1) is 12.3. The molecule has 0 saturated heterocycles. The molecule has 0 radical (unpaired) electrons. The van der Waals surface area contributed by atoms with Crippen molar-refractivity contribution in [3.63, 3.8) is 0 Å². The third kappa shape index (κ3) is 5.14. The van der Waals surface area contributed by atoms with Crippen LogP contribution in [0.5, 0.6) is 0 Å². The summed E-state index contributed by atoms with van der Waals surface area (Å²) in [5.74, 6) is -0.413. The molecule has 2 aromatic carbocycles. The van der Waals surface area contributed by atoms with Crippen LogP contribution in [0.4, 0.5) is 15.8 Å². The Morgan fingerprint density at radius 3 is 2.65 bits per heavy atom. The fourth-order valence-electron chi connectivity index (χ4n) is 2.37. The van der Waals surface area contributed by atoms with E-state index in [1.54, 1.807) is 18.5 Å². The lowest BCUT2D eigenvalue weighted by Crippen LogP contribution is -2.16. The molecule has 0 aliphatic heterocycles. The highest BCUT2D eigenvalue weighted by atomic mass is 79.9. The number of benzene rings is 2. The standard InChI is InChI=1S/C20H23BrFN3O/c1-5-25(4)12-24-19-9-13(2)16(8-14(19)3)20(26)11-23-15-6-7-17(21)18(22)10-15/h6-10,12,23H,5,11H2,1-4H3/b24-12-. The number of hydrogen-bond donors (Lipinski definition) is 1. The molecule has 1 N–H and O–H groups in total. The van der Waals surface area contributed by atoms with Crippen LogP contribution in [0.15, 0.2) is 39.8 Å². The average molecular weight is 420 g/mol. The number of aryl methyl sites for hydroxylation is 2. The first kappa shape index (κ1) is 20.1. The van der Waals surface area contributed by atoms with Gasteiger partial charge in [-0.05, 0) is 78.2 Å². The molecule has 0 amide bonds. The fourth-order valence-corrected chi connectivity index (χ4v) is 2.61. The summed E-state index contributed by atoms with van der Waals surface area (Å²) in [5, 5.41) is 2.97. The van der Waals surface area contributed by atoms with Gasteiger partial charge in [-0.15, -0.1) is 0 Å². The lowest BCUT2D eigenvalue weighted by molar-refractivity contribution is 0.101. The van der Waals surface area contributed by atoms with Crippen molar-refractivity contribution in [1.29, 1.82) is 0 Å². The second-order valence-corrected chi connectivity index (χ2v) is 7.03. The van der Waals surface area contributed by atoms with Crippen molar-refractivity contribution in [3.8, 4) is 0 Å². The van der Waals surface area contributed by atoms with Crippen molar-refractivity contribution in [2.75, 3.05) is 25.5 Å². The van der Waals surface area contributed by atoms with Crippen molar-refractivity contribution in [3.05, 3.63) is 57.3 Å². The second-order valence-electron chi connectivity index (χ2n) is 6.18. The van der Waals surface area contributed by atoms with Gasteiger partial charge in [-0.1, -0.05) is 0 Å². The van der Waals surface area contributed by atoms with Gasteiger partial charge in [-0.25, -0.2) is 9.38 Å². The minimum atomic E-state index is -0.367. The van der Waals surface area contributed by atoms with E-state index in [4.69, 9.17) is 0 Å². The molecule has 0 aliphatic carbocycles. The molecule has 0 atom stereocenters. The van der Waals surface area contributed by atoms with E-state index < -0.39 is 0 Å². The second kappa shape index (κ2) is 8.94. The highest BCUT2D eigenvalue weighted by Crippen LogP contribution is 2.24. The maximum absolute atomic E-state index is 13.6. The number of Topliss-reactive ketones (excluding diaryl/α,β-unsaturated/α-hetero) is 1. The summed E-state index contributed by atoms with van der Waals surface area (Å²) < 4.78 is 13.9. The van der Waals surface area contributed by atoms with Gasteiger partial charge in [0.15, 0.2) is 5.78 Å². The maximum atomic E-state index is 13.6. The lowest BCUT2D eigenvalue weighted by Gasteiger charge is -2.12. The summed E-state index contributed by atoms with van der Waals surface area (Å²) in [7, 11) is 1.96. The number of rotatable bonds is 7. The Hall–Kier alpha value is -2.21. The van der Waals surface area contributed by atoms with Gasteiger partial charge in [0.2, 0.25) is 0 Å². The van der Waals surface area contributed by atoms with Crippen LogP contribution >= 0.6 is 15.9 Å². The first-order valence-corrected chi connectivity index (χ1v) is 9.19. The fraction of sp³-hybridized carbons (Fsp3) is 0.300. The molecule has 0 unspecified atom stereocenters. The highest BCUT2D eigenvalue weighted by molar-refractivity contribution is 9.10. The number of halogens is 2. The van der Waals surface area contributed by atoms with Gasteiger partial charge in [0.05, 0.1) is 23.0 Å². The van der Waals surface area contributed by atoms with E-state index in [2.05, 4.69) is 33.2 Å². The maximum Gasteiger partial charge on any atom is 0.182 e. The van der Waals surface area contributed by atoms with Crippen LogP contribution in [-0.4, -0.2) is 37.2 Å². The third-order valence-corrected chi connectivity index (χ3v) is 4.75. The zero-order valence-electron chi connectivity index (χ0n) is 15.4. The molecule has 0 heterocycles. The summed E-state index contributed by atoms with van der Waals surface area (Å²) in [6.45, 7) is 6.86. The molecule has 0 spiro atoms. The monoisotopic (exact) mass is 419 g/mol. The molecular formula is C20H23BrFN3O. The number of nitrogens with zero attached hydrogens (tertiary/aromatic N) is 2. The molecule has 2 aromatic rings. The molecule has 0 fully saturated rings. The average Bonchev–Trinajstić information content (AvgIpc) is 2.62. The van der Waals surface area contributed by atoms with Crippen LogP contribution in [0, 0.1) is 19.7 Å². The number of ketones is 1. The van der Waals surface area contributed by atoms with Crippen molar-refractivity contribution in [1.82, 2.24) is 4.90 Å². The Balaban J connectivity index is 2.12. The van der Waals surface area contributed by atoms with E-state index in [9.17, 15) is 9.18 Å². The van der Waals surface area contributed by atoms with Gasteiger partial charge in [-0.2, -0.15) is 0 Å². The Morgan fingerprint density at radius 1 is 1.27 bits per heavy atom. The van der Waals surface area contributed by atoms with E-state index in [0.29, 0.717) is 15.7 Å². The van der Waals surface area contributed by atoms with Crippen LogP contribution in [-0.2, 0) is 0 Å². The van der Waals surface area contributed by atoms with Crippen LogP contribution in [0.25, 0.3) is 0 Å². The highest BCUT2D eigenvalue weighted by Gasteiger charge is 2.12. The van der Waals surface area contributed by atoms with Gasteiger partial charge in [0.1, 0.15) is 5.82 Å². The third-order valence-electron chi connectivity index (χ3n) is 4.11. The molecule has 0 aromatic heterocycles. The van der Waals surface area contributed by atoms with Gasteiger partial charge >= 0.3 is 0 Å². The Labute approximate surface area is 162 Å². The molecule has 0 aliphatic rings. The van der Waals surface area contributed by atoms with E-state index in [1.807, 2.05) is 37.9 Å². The minimum Gasteiger partial charge on any atom is -0.377 e. The van der Waals surface area contributed by atoms with E-state index >= 15 is 0 Å². The number of carbonyl (C=O) groups excluding carboxylic acids is 1. The number of anilines is 1. The number of hydrogen-bond acceptors (Lipinski definition) is 3. The van der Waals surface area contributed by atoms with Gasteiger partial charge in [-0.3, -0.25) is 4.79 Å². The summed E-state index contributed by atoms with van der Waals surface area (Å²) in [4.78, 5) is 19.0. The van der Waals surface area contributed by atoms with Crippen LogP contribution in [0.1, 0.15) is 28.4 Å². The Kier molecular flexibility index (Phi) is 6.91. The normalized spacial score (nSPS) is 11.0. The van der Waals surface area contributed by atoms with E-state index in [1.165, 1.54) is 6.07 Å². The van der Waals surface area contributed by atoms with Crippen LogP contribution < -0.4 is 5.32 Å². The van der Waals surface area contributed by atoms with Crippen molar-refractivity contribution in [2.24, 2.45) is 4.99 Å². The van der Waals surface area contributed by atoms with Gasteiger partial charge in [0.25, 0.3) is 0 Å². The SMILES string of the molecule is CCN(C)/C=N\c1cc(C)c(C(=O)CNc2ccc(Br)c(F)c2)cc1C. The molecule has 138 valence electrons. The van der Waals surface area contributed by atoms with Crippen molar-refractivity contribution >= 4 is 39.4 Å². The van der Waals surface area contributed by atoms with E-state index in [0.717, 1.165) is 23.4 Å². The van der Waals surface area contributed by atoms with Crippen molar-refractivity contribution in [2.45, 2.75) is 20.8 Å². The van der Waals surface area contributed by atoms with E-state index in [-0.39, 0.29) is 18.1 Å². The number of nitrogens with one attached hydrogen (secondary N) is 1. The number of aliphatic imine (C=N–C) groups is 1. The Bertz CT molecular complexity index is 836. The van der Waals surface area contributed by atoms with Gasteiger partial charge in [0, 0.05) is 24.8 Å². The molecule has 6 heteroatoms. The van der Waals surface area contributed by atoms with Crippen LogP contribution in [0.2, 0.25) is 0 Å². The summed E-state index contributed by atoms with van der Waals surface area (Å²) in [6.07, 6.45) is 1.78. The van der Waals surface area contributed by atoms with Crippen LogP contribution in [0.3, 0.4) is 0 Å². The lowest BCUT2D eigenvalue weighted by atomic mass is 10.0. The summed E-state index contributed by atoms with van der Waals surface area (Å²) >= 11 is 3.11. The quantitative estimate of drug-likeness (QED) is 0.385. The van der Waals surface area contributed by atoms with Gasteiger partial charge < -0.3 is 10.2 Å². The molecular weight excluding hydrogens is 397 g/mol. The summed E-state index contributed by atoms with van der Waals surface area (Å²) in [5.41, 5.74) is 3.87. The molecule has 4 nitrogen and oxygen atoms in total. The Morgan fingerprint density at radius 2 is 2.00 bits per heavy atom.